The lowest BCUT2D eigenvalue weighted by molar-refractivity contribution is -0.127. The van der Waals surface area contributed by atoms with E-state index in [-0.39, 0.29) is 24.1 Å². The van der Waals surface area contributed by atoms with Gasteiger partial charge in [0, 0.05) is 40.1 Å². The number of nitrogens with one attached hydrogen (secondary N) is 3. The molecule has 48 heavy (non-hydrogen) atoms. The van der Waals surface area contributed by atoms with Gasteiger partial charge in [0.2, 0.25) is 5.91 Å². The van der Waals surface area contributed by atoms with E-state index < -0.39 is 11.6 Å². The van der Waals surface area contributed by atoms with Crippen LogP contribution >= 0.6 is 11.8 Å². The lowest BCUT2D eigenvalue weighted by atomic mass is 9.98. The normalized spacial score (nSPS) is 14.8. The second kappa shape index (κ2) is 14.5. The third-order valence-electron chi connectivity index (χ3n) is 8.40. The largest absolute Gasteiger partial charge is 0.460 e. The number of carbonyl (C=O) groups excluding carboxylic acids is 3. The molecule has 4 aromatic carbocycles. The molecule has 246 valence electrons. The van der Waals surface area contributed by atoms with Crippen molar-refractivity contribution >= 4 is 46.1 Å². The molecular formula is C39H40N4O4S. The van der Waals surface area contributed by atoms with Crippen LogP contribution in [-0.2, 0) is 22.7 Å². The van der Waals surface area contributed by atoms with E-state index in [1.807, 2.05) is 124 Å². The summed E-state index contributed by atoms with van der Waals surface area (Å²) in [5, 5.41) is 10.4. The number of hydrogen-bond acceptors (Lipinski definition) is 6. The van der Waals surface area contributed by atoms with E-state index in [1.54, 1.807) is 16.7 Å². The van der Waals surface area contributed by atoms with Gasteiger partial charge in [-0.2, -0.15) is 0 Å². The van der Waals surface area contributed by atoms with Gasteiger partial charge in [-0.05, 0) is 67.8 Å². The Morgan fingerprint density at radius 1 is 0.938 bits per heavy atom. The Balaban J connectivity index is 1.14. The number of benzene rings is 4. The van der Waals surface area contributed by atoms with E-state index in [9.17, 15) is 14.4 Å². The zero-order valence-corrected chi connectivity index (χ0v) is 28.2. The van der Waals surface area contributed by atoms with Gasteiger partial charge >= 0.3 is 0 Å². The summed E-state index contributed by atoms with van der Waals surface area (Å²) in [6, 6.07) is 32.5. The van der Waals surface area contributed by atoms with Crippen LogP contribution in [0.15, 0.2) is 112 Å². The van der Waals surface area contributed by atoms with E-state index in [2.05, 4.69) is 16.0 Å². The molecule has 0 fully saturated rings. The van der Waals surface area contributed by atoms with E-state index in [4.69, 9.17) is 4.42 Å². The Morgan fingerprint density at radius 3 is 2.46 bits per heavy atom. The Labute approximate surface area is 285 Å². The van der Waals surface area contributed by atoms with Crippen molar-refractivity contribution < 1.29 is 18.8 Å². The molecule has 8 nitrogen and oxygen atoms in total. The summed E-state index contributed by atoms with van der Waals surface area (Å²) in [7, 11) is 0. The Morgan fingerprint density at radius 2 is 1.67 bits per heavy atom. The minimum atomic E-state index is -0.690. The number of anilines is 1. The molecule has 1 atom stereocenters. The first-order chi connectivity index (χ1) is 23.2. The van der Waals surface area contributed by atoms with Crippen LogP contribution in [0.1, 0.15) is 48.9 Å². The maximum atomic E-state index is 14.1. The summed E-state index contributed by atoms with van der Waals surface area (Å²) < 4.78 is 5.93. The number of hydrogen-bond donors (Lipinski definition) is 3. The van der Waals surface area contributed by atoms with Crippen molar-refractivity contribution in [2.24, 2.45) is 0 Å². The summed E-state index contributed by atoms with van der Waals surface area (Å²) in [5.74, 6) is 0.768. The Hall–Kier alpha value is -4.86. The standard InChI is InChI=1S/C39H40N4O4S/c1-4-40-37(45)31-13-7-6-12-30(31)27-19-17-26(18-20-27)24-43-33-14-8-10-16-35(33)48-25-32(38(43)46)42-36(44)22-39(2,3)41-23-29-21-28-11-5-9-15-34(28)47-29/h5-21,32,41H,4,22-25H2,1-3H3,(H,40,45)(H,42,44)/t32-/m1/s1. The Bertz CT molecular complexity index is 1900. The number of rotatable bonds is 11. The lowest BCUT2D eigenvalue weighted by Crippen LogP contribution is -2.51. The maximum Gasteiger partial charge on any atom is 0.251 e. The molecule has 5 aromatic rings. The summed E-state index contributed by atoms with van der Waals surface area (Å²) >= 11 is 1.57. The number of para-hydroxylation sites is 2. The zero-order chi connectivity index (χ0) is 33.7. The van der Waals surface area contributed by atoms with E-state index in [1.165, 1.54) is 0 Å². The monoisotopic (exact) mass is 660 g/mol. The SMILES string of the molecule is CCNC(=O)c1ccccc1-c1ccc(CN2C(=O)[C@H](NC(=O)CC(C)(C)NCc3cc4ccccc4o3)CSc3ccccc32)cc1. The Kier molecular flexibility index (Phi) is 9.98. The molecule has 2 heterocycles. The first kappa shape index (κ1) is 33.1. The van der Waals surface area contributed by atoms with Gasteiger partial charge in [-0.25, -0.2) is 0 Å². The van der Waals surface area contributed by atoms with Crippen LogP contribution in [0.2, 0.25) is 0 Å². The highest BCUT2D eigenvalue weighted by molar-refractivity contribution is 7.99. The van der Waals surface area contributed by atoms with Gasteiger partial charge in [0.25, 0.3) is 11.8 Å². The van der Waals surface area contributed by atoms with Gasteiger partial charge in [-0.15, -0.1) is 11.8 Å². The van der Waals surface area contributed by atoms with Crippen LogP contribution in [0.5, 0.6) is 0 Å². The highest BCUT2D eigenvalue weighted by atomic mass is 32.2. The average Bonchev–Trinajstić information content (AvgIpc) is 3.47. The molecule has 0 saturated carbocycles. The van der Waals surface area contributed by atoms with Crippen molar-refractivity contribution in [2.45, 2.75) is 56.8 Å². The average molecular weight is 661 g/mol. The van der Waals surface area contributed by atoms with E-state index >= 15 is 0 Å². The van der Waals surface area contributed by atoms with Crippen LogP contribution in [0, 0.1) is 0 Å². The number of carbonyl (C=O) groups is 3. The van der Waals surface area contributed by atoms with Crippen molar-refractivity contribution in [3.05, 3.63) is 120 Å². The second-order valence-corrected chi connectivity index (χ2v) is 13.7. The fraction of sp³-hybridized carbons (Fsp3) is 0.256. The van der Waals surface area contributed by atoms with Crippen molar-refractivity contribution in [1.29, 1.82) is 0 Å². The van der Waals surface area contributed by atoms with Gasteiger partial charge in [0.15, 0.2) is 0 Å². The van der Waals surface area contributed by atoms with E-state index in [0.29, 0.717) is 31.0 Å². The first-order valence-electron chi connectivity index (χ1n) is 16.2. The lowest BCUT2D eigenvalue weighted by Gasteiger charge is -2.28. The summed E-state index contributed by atoms with van der Waals surface area (Å²) in [4.78, 5) is 42.9. The molecule has 0 unspecified atom stereocenters. The van der Waals surface area contributed by atoms with Crippen LogP contribution < -0.4 is 20.9 Å². The third-order valence-corrected chi connectivity index (χ3v) is 9.55. The van der Waals surface area contributed by atoms with Crippen molar-refractivity contribution in [3.8, 4) is 11.1 Å². The minimum Gasteiger partial charge on any atom is -0.460 e. The molecule has 3 N–H and O–H groups in total. The minimum absolute atomic E-state index is 0.111. The maximum absolute atomic E-state index is 14.1. The smallest absolute Gasteiger partial charge is 0.251 e. The molecule has 0 saturated heterocycles. The first-order valence-corrected chi connectivity index (χ1v) is 17.2. The summed E-state index contributed by atoms with van der Waals surface area (Å²) in [5.41, 5.74) is 4.43. The third kappa shape index (κ3) is 7.64. The van der Waals surface area contributed by atoms with Crippen LogP contribution in [0.3, 0.4) is 0 Å². The van der Waals surface area contributed by atoms with Crippen molar-refractivity contribution in [2.75, 3.05) is 17.2 Å². The highest BCUT2D eigenvalue weighted by Gasteiger charge is 2.33. The van der Waals surface area contributed by atoms with Gasteiger partial charge < -0.3 is 25.3 Å². The molecular weight excluding hydrogens is 621 g/mol. The summed E-state index contributed by atoms with van der Waals surface area (Å²) in [6.45, 7) is 7.21. The zero-order valence-electron chi connectivity index (χ0n) is 27.4. The molecule has 1 aliphatic heterocycles. The molecule has 0 spiro atoms. The van der Waals surface area contributed by atoms with Gasteiger partial charge in [0.1, 0.15) is 17.4 Å². The van der Waals surface area contributed by atoms with Gasteiger partial charge in [-0.1, -0.05) is 72.8 Å². The second-order valence-electron chi connectivity index (χ2n) is 12.6. The topological polar surface area (TPSA) is 104 Å². The van der Waals surface area contributed by atoms with Crippen LogP contribution in [0.25, 0.3) is 22.1 Å². The van der Waals surface area contributed by atoms with E-state index in [0.717, 1.165) is 44.0 Å². The molecule has 0 radical (unpaired) electrons. The highest BCUT2D eigenvalue weighted by Crippen LogP contribution is 2.35. The molecule has 9 heteroatoms. The van der Waals surface area contributed by atoms with Crippen LogP contribution in [-0.4, -0.2) is 41.6 Å². The molecule has 0 bridgehead atoms. The number of nitrogens with zero attached hydrogens (tertiary/aromatic N) is 1. The number of fused-ring (bicyclic) bond motifs is 2. The quantitative estimate of drug-likeness (QED) is 0.142. The number of amides is 3. The molecule has 3 amide bonds. The fourth-order valence-corrected chi connectivity index (χ4v) is 7.01. The number of thioether (sulfide) groups is 1. The predicted octanol–water partition coefficient (Wildman–Crippen LogP) is 6.93. The van der Waals surface area contributed by atoms with Crippen molar-refractivity contribution in [1.82, 2.24) is 16.0 Å². The van der Waals surface area contributed by atoms with Gasteiger partial charge in [0.05, 0.1) is 18.8 Å². The van der Waals surface area contributed by atoms with Crippen molar-refractivity contribution in [3.63, 3.8) is 0 Å². The van der Waals surface area contributed by atoms with Crippen LogP contribution in [0.4, 0.5) is 5.69 Å². The molecule has 0 aliphatic carbocycles. The molecule has 1 aliphatic rings. The fourth-order valence-electron chi connectivity index (χ4n) is 5.94. The number of furan rings is 1. The molecule has 1 aromatic heterocycles. The predicted molar refractivity (Wildman–Crippen MR) is 192 cm³/mol. The summed E-state index contributed by atoms with van der Waals surface area (Å²) in [6.07, 6.45) is 0.188. The van der Waals surface area contributed by atoms with Gasteiger partial charge in [-0.3, -0.25) is 14.4 Å². The molecule has 6 rings (SSSR count).